The summed E-state index contributed by atoms with van der Waals surface area (Å²) in [4.78, 5) is 11.4. The molecule has 4 heteroatoms. The number of carboxylic acid groups (broad SMARTS) is 1. The molecule has 0 bridgehead atoms. The number of benzene rings is 1. The first kappa shape index (κ1) is 12.9. The second-order valence-corrected chi connectivity index (χ2v) is 4.37. The van der Waals surface area contributed by atoms with E-state index in [0.29, 0.717) is 13.2 Å². The minimum Gasteiger partial charge on any atom is -0.494 e. The predicted octanol–water partition coefficient (Wildman–Crippen LogP) is 2.43. The van der Waals surface area contributed by atoms with E-state index < -0.39 is 11.9 Å². The van der Waals surface area contributed by atoms with Crippen molar-refractivity contribution in [1.82, 2.24) is 0 Å². The Labute approximate surface area is 107 Å². The maximum atomic E-state index is 11.4. The van der Waals surface area contributed by atoms with Crippen molar-refractivity contribution >= 4 is 5.97 Å². The summed E-state index contributed by atoms with van der Waals surface area (Å²) in [7, 11) is 0. The summed E-state index contributed by atoms with van der Waals surface area (Å²) in [6.07, 6.45) is 1.54. The van der Waals surface area contributed by atoms with E-state index in [1.165, 1.54) is 0 Å². The van der Waals surface area contributed by atoms with Crippen LogP contribution in [0.15, 0.2) is 24.3 Å². The van der Waals surface area contributed by atoms with Crippen LogP contribution in [-0.4, -0.2) is 30.4 Å². The average Bonchev–Trinajstić information content (AvgIpc) is 2.85. The number of ether oxygens (including phenoxy) is 2. The zero-order valence-electron chi connectivity index (χ0n) is 10.5. The average molecular weight is 250 g/mol. The van der Waals surface area contributed by atoms with Crippen LogP contribution in [0.1, 0.15) is 31.2 Å². The van der Waals surface area contributed by atoms with Crippen molar-refractivity contribution < 1.29 is 19.4 Å². The molecule has 0 saturated carbocycles. The molecule has 2 atom stereocenters. The third-order valence-electron chi connectivity index (χ3n) is 3.15. The van der Waals surface area contributed by atoms with Crippen LogP contribution < -0.4 is 4.74 Å². The van der Waals surface area contributed by atoms with Crippen LogP contribution >= 0.6 is 0 Å². The smallest absolute Gasteiger partial charge is 0.313 e. The van der Waals surface area contributed by atoms with E-state index >= 15 is 0 Å². The molecule has 4 nitrogen and oxygen atoms in total. The van der Waals surface area contributed by atoms with E-state index in [-0.39, 0.29) is 6.10 Å². The lowest BCUT2D eigenvalue weighted by molar-refractivity contribution is -0.141. The summed E-state index contributed by atoms with van der Waals surface area (Å²) in [6.45, 7) is 3.18. The summed E-state index contributed by atoms with van der Waals surface area (Å²) < 4.78 is 10.8. The lowest BCUT2D eigenvalue weighted by atomic mass is 9.92. The highest BCUT2D eigenvalue weighted by molar-refractivity contribution is 5.77. The quantitative estimate of drug-likeness (QED) is 0.872. The fourth-order valence-electron chi connectivity index (χ4n) is 2.32. The maximum absolute atomic E-state index is 11.4. The SMILES string of the molecule is CCOc1ccc(C(C(=O)O)C2CCCO2)cc1. The molecule has 2 rings (SSSR count). The van der Waals surface area contributed by atoms with E-state index in [0.717, 1.165) is 24.2 Å². The highest BCUT2D eigenvalue weighted by atomic mass is 16.5. The van der Waals surface area contributed by atoms with Crippen LogP contribution in [0.4, 0.5) is 0 Å². The number of carboxylic acids is 1. The molecule has 1 aromatic rings. The zero-order chi connectivity index (χ0) is 13.0. The molecule has 0 aromatic heterocycles. The van der Waals surface area contributed by atoms with Crippen molar-refractivity contribution in [2.75, 3.05) is 13.2 Å². The lowest BCUT2D eigenvalue weighted by Gasteiger charge is -2.19. The van der Waals surface area contributed by atoms with Gasteiger partial charge in [-0.15, -0.1) is 0 Å². The van der Waals surface area contributed by atoms with E-state index in [1.807, 2.05) is 31.2 Å². The molecule has 0 amide bonds. The lowest BCUT2D eigenvalue weighted by Crippen LogP contribution is -2.25. The fraction of sp³-hybridized carbons (Fsp3) is 0.500. The van der Waals surface area contributed by atoms with Crippen molar-refractivity contribution in [3.63, 3.8) is 0 Å². The van der Waals surface area contributed by atoms with Crippen LogP contribution in [-0.2, 0) is 9.53 Å². The van der Waals surface area contributed by atoms with Gasteiger partial charge in [-0.05, 0) is 37.5 Å². The predicted molar refractivity (Wildman–Crippen MR) is 67.0 cm³/mol. The molecule has 18 heavy (non-hydrogen) atoms. The Kier molecular flexibility index (Phi) is 4.20. The second kappa shape index (κ2) is 5.87. The minimum atomic E-state index is -0.828. The Hall–Kier alpha value is -1.55. The van der Waals surface area contributed by atoms with Crippen LogP contribution in [0.3, 0.4) is 0 Å². The third kappa shape index (κ3) is 2.82. The Balaban J connectivity index is 2.17. The van der Waals surface area contributed by atoms with Crippen molar-refractivity contribution in [2.24, 2.45) is 0 Å². The normalized spacial score (nSPS) is 20.6. The molecular weight excluding hydrogens is 232 g/mol. The molecular formula is C14H18O4. The molecule has 98 valence electrons. The Bertz CT molecular complexity index is 393. The van der Waals surface area contributed by atoms with Gasteiger partial charge in [-0.3, -0.25) is 4.79 Å². The Morgan fingerprint density at radius 1 is 1.50 bits per heavy atom. The largest absolute Gasteiger partial charge is 0.494 e. The van der Waals surface area contributed by atoms with Gasteiger partial charge in [-0.25, -0.2) is 0 Å². The molecule has 1 aliphatic rings. The molecule has 1 aliphatic heterocycles. The minimum absolute atomic E-state index is 0.208. The Morgan fingerprint density at radius 3 is 2.72 bits per heavy atom. The molecule has 0 aliphatic carbocycles. The second-order valence-electron chi connectivity index (χ2n) is 4.37. The summed E-state index contributed by atoms with van der Waals surface area (Å²) in [5.41, 5.74) is 0.776. The van der Waals surface area contributed by atoms with E-state index in [1.54, 1.807) is 0 Å². The summed E-state index contributed by atoms with van der Waals surface area (Å²) in [6, 6.07) is 7.24. The fourth-order valence-corrected chi connectivity index (χ4v) is 2.32. The third-order valence-corrected chi connectivity index (χ3v) is 3.15. The van der Waals surface area contributed by atoms with Gasteiger partial charge in [-0.2, -0.15) is 0 Å². The summed E-state index contributed by atoms with van der Waals surface area (Å²) in [5.74, 6) is -0.646. The van der Waals surface area contributed by atoms with Gasteiger partial charge in [0, 0.05) is 6.61 Å². The molecule has 1 saturated heterocycles. The maximum Gasteiger partial charge on any atom is 0.313 e. The monoisotopic (exact) mass is 250 g/mol. The van der Waals surface area contributed by atoms with Crippen molar-refractivity contribution in [2.45, 2.75) is 31.8 Å². The van der Waals surface area contributed by atoms with E-state index in [9.17, 15) is 9.90 Å². The van der Waals surface area contributed by atoms with E-state index in [2.05, 4.69) is 0 Å². The number of aliphatic carboxylic acids is 1. The summed E-state index contributed by atoms with van der Waals surface area (Å²) >= 11 is 0. The topological polar surface area (TPSA) is 55.8 Å². The highest BCUT2D eigenvalue weighted by Crippen LogP contribution is 2.30. The van der Waals surface area contributed by atoms with Crippen LogP contribution in [0.25, 0.3) is 0 Å². The van der Waals surface area contributed by atoms with Crippen molar-refractivity contribution in [3.05, 3.63) is 29.8 Å². The van der Waals surface area contributed by atoms with Gasteiger partial charge in [0.1, 0.15) is 11.7 Å². The number of carbonyl (C=O) groups is 1. The molecule has 0 spiro atoms. The molecule has 1 N–H and O–H groups in total. The van der Waals surface area contributed by atoms with Gasteiger partial charge in [0.15, 0.2) is 0 Å². The highest BCUT2D eigenvalue weighted by Gasteiger charge is 2.32. The molecule has 1 aromatic carbocycles. The molecule has 0 radical (unpaired) electrons. The zero-order valence-corrected chi connectivity index (χ0v) is 10.5. The van der Waals surface area contributed by atoms with Crippen LogP contribution in [0.5, 0.6) is 5.75 Å². The van der Waals surface area contributed by atoms with E-state index in [4.69, 9.17) is 9.47 Å². The summed E-state index contributed by atoms with van der Waals surface area (Å²) in [5, 5.41) is 9.35. The van der Waals surface area contributed by atoms with Crippen LogP contribution in [0, 0.1) is 0 Å². The number of rotatable bonds is 5. The van der Waals surface area contributed by atoms with Crippen LogP contribution in [0.2, 0.25) is 0 Å². The first-order valence-corrected chi connectivity index (χ1v) is 6.29. The molecule has 1 heterocycles. The van der Waals surface area contributed by atoms with Gasteiger partial charge in [0.25, 0.3) is 0 Å². The van der Waals surface area contributed by atoms with Gasteiger partial charge >= 0.3 is 5.97 Å². The van der Waals surface area contributed by atoms with Gasteiger partial charge in [0.05, 0.1) is 12.7 Å². The molecule has 1 fully saturated rings. The van der Waals surface area contributed by atoms with Crippen molar-refractivity contribution in [3.8, 4) is 5.75 Å². The number of hydrogen-bond acceptors (Lipinski definition) is 3. The first-order chi connectivity index (χ1) is 8.72. The number of hydrogen-bond donors (Lipinski definition) is 1. The standard InChI is InChI=1S/C14H18O4/c1-2-17-11-7-5-10(6-8-11)13(14(15)16)12-4-3-9-18-12/h5-8,12-13H,2-4,9H2,1H3,(H,15,16). The Morgan fingerprint density at radius 2 is 2.22 bits per heavy atom. The first-order valence-electron chi connectivity index (χ1n) is 6.29. The van der Waals surface area contributed by atoms with Gasteiger partial charge < -0.3 is 14.6 Å². The van der Waals surface area contributed by atoms with Gasteiger partial charge in [0.2, 0.25) is 0 Å². The molecule has 2 unspecified atom stereocenters. The van der Waals surface area contributed by atoms with Crippen molar-refractivity contribution in [1.29, 1.82) is 0 Å². The van der Waals surface area contributed by atoms with Gasteiger partial charge in [-0.1, -0.05) is 12.1 Å².